The lowest BCUT2D eigenvalue weighted by atomic mass is 9.87. The summed E-state index contributed by atoms with van der Waals surface area (Å²) in [4.78, 5) is 25.7. The summed E-state index contributed by atoms with van der Waals surface area (Å²) >= 11 is 0. The highest BCUT2D eigenvalue weighted by atomic mass is 32.2. The predicted molar refractivity (Wildman–Crippen MR) is 104 cm³/mol. The average molecular weight is 393 g/mol. The Bertz CT molecular complexity index is 826. The van der Waals surface area contributed by atoms with Crippen molar-refractivity contribution in [3.63, 3.8) is 0 Å². The van der Waals surface area contributed by atoms with Crippen LogP contribution in [0.15, 0.2) is 23.1 Å². The molecule has 1 heterocycles. The number of nitrogens with one attached hydrogen (secondary N) is 1. The highest BCUT2D eigenvalue weighted by Crippen LogP contribution is 2.30. The van der Waals surface area contributed by atoms with E-state index in [-0.39, 0.29) is 34.9 Å². The summed E-state index contributed by atoms with van der Waals surface area (Å²) in [6.07, 6.45) is 4.78. The minimum atomic E-state index is -3.53. The fourth-order valence-electron chi connectivity index (χ4n) is 3.95. The number of anilines is 1. The van der Waals surface area contributed by atoms with E-state index in [0.717, 1.165) is 36.9 Å². The van der Waals surface area contributed by atoms with Crippen molar-refractivity contribution < 1.29 is 18.0 Å². The third kappa shape index (κ3) is 4.69. The Balaban J connectivity index is 1.59. The summed E-state index contributed by atoms with van der Waals surface area (Å²) in [5.41, 5.74) is 1.65. The maximum absolute atomic E-state index is 12.6. The van der Waals surface area contributed by atoms with Crippen molar-refractivity contribution in [1.29, 1.82) is 0 Å². The Morgan fingerprint density at radius 1 is 1.19 bits per heavy atom. The smallest absolute Gasteiger partial charge is 0.223 e. The number of benzene rings is 1. The molecule has 27 heavy (non-hydrogen) atoms. The largest absolute Gasteiger partial charge is 0.353 e. The Morgan fingerprint density at radius 2 is 1.89 bits per heavy atom. The molecule has 0 unspecified atom stereocenters. The normalized spacial score (nSPS) is 22.4. The molecule has 6 nitrogen and oxygen atoms in total. The van der Waals surface area contributed by atoms with Gasteiger partial charge in [-0.25, -0.2) is 8.42 Å². The van der Waals surface area contributed by atoms with Gasteiger partial charge in [0, 0.05) is 31.6 Å². The van der Waals surface area contributed by atoms with Gasteiger partial charge >= 0.3 is 0 Å². The van der Waals surface area contributed by atoms with Crippen LogP contribution in [0.1, 0.15) is 51.5 Å². The molecule has 1 fully saturated rings. The number of amides is 2. The number of carbonyl (C=O) groups is 2. The molecule has 7 heteroatoms. The molecule has 0 saturated heterocycles. The van der Waals surface area contributed by atoms with Gasteiger partial charge in [-0.3, -0.25) is 9.59 Å². The standard InChI is InChI=1S/C20H28N2O4S/c1-14-3-5-17(6-4-14)21-20(24)10-12-27(25,26)18-7-8-19-16(13-18)9-11-22(19)15(2)23/h7-8,13-14,17H,3-6,9-12H2,1-2H3,(H,21,24). The number of nitrogens with zero attached hydrogens (tertiary/aromatic N) is 1. The van der Waals surface area contributed by atoms with Crippen LogP contribution < -0.4 is 10.2 Å². The molecule has 2 amide bonds. The van der Waals surface area contributed by atoms with Gasteiger partial charge in [-0.05, 0) is 61.8 Å². The highest BCUT2D eigenvalue weighted by Gasteiger charge is 2.26. The lowest BCUT2D eigenvalue weighted by Crippen LogP contribution is -2.38. The van der Waals surface area contributed by atoms with Crippen LogP contribution in [0.2, 0.25) is 0 Å². The fourth-order valence-corrected chi connectivity index (χ4v) is 5.23. The van der Waals surface area contributed by atoms with Crippen LogP contribution in [-0.4, -0.2) is 38.6 Å². The third-order valence-corrected chi connectivity index (χ3v) is 7.38. The van der Waals surface area contributed by atoms with Gasteiger partial charge in [0.25, 0.3) is 0 Å². The van der Waals surface area contributed by atoms with E-state index in [1.165, 1.54) is 13.0 Å². The van der Waals surface area contributed by atoms with Gasteiger partial charge in [0.2, 0.25) is 11.8 Å². The summed E-state index contributed by atoms with van der Waals surface area (Å²) < 4.78 is 25.3. The first-order valence-electron chi connectivity index (χ1n) is 9.69. The van der Waals surface area contributed by atoms with E-state index in [1.807, 2.05) is 0 Å². The van der Waals surface area contributed by atoms with E-state index in [1.54, 1.807) is 17.0 Å². The molecule has 1 N–H and O–H groups in total. The SMILES string of the molecule is CC(=O)N1CCc2cc(S(=O)(=O)CCC(=O)NC3CCC(C)CC3)ccc21. The molecule has 2 aliphatic rings. The number of rotatable bonds is 5. The summed E-state index contributed by atoms with van der Waals surface area (Å²) in [5, 5.41) is 2.98. The van der Waals surface area contributed by atoms with E-state index in [2.05, 4.69) is 12.2 Å². The third-order valence-electron chi connectivity index (χ3n) is 5.66. The number of carbonyl (C=O) groups excluding carboxylic acids is 2. The first-order chi connectivity index (χ1) is 12.8. The zero-order valence-electron chi connectivity index (χ0n) is 16.0. The maximum Gasteiger partial charge on any atom is 0.223 e. The van der Waals surface area contributed by atoms with Crippen LogP contribution in [0.5, 0.6) is 0 Å². The first kappa shape index (κ1) is 19.9. The van der Waals surface area contributed by atoms with Crippen LogP contribution in [0, 0.1) is 5.92 Å². The van der Waals surface area contributed by atoms with Crippen molar-refractivity contribution in [2.24, 2.45) is 5.92 Å². The monoisotopic (exact) mass is 392 g/mol. The molecular formula is C20H28N2O4S. The van der Waals surface area contributed by atoms with Crippen molar-refractivity contribution in [3.8, 4) is 0 Å². The number of hydrogen-bond acceptors (Lipinski definition) is 4. The second-order valence-corrected chi connectivity index (χ2v) is 9.91. The van der Waals surface area contributed by atoms with E-state index in [0.29, 0.717) is 18.9 Å². The summed E-state index contributed by atoms with van der Waals surface area (Å²) in [7, 11) is -3.53. The van der Waals surface area contributed by atoms with Gasteiger partial charge in [0.05, 0.1) is 10.6 Å². The van der Waals surface area contributed by atoms with Crippen molar-refractivity contribution in [3.05, 3.63) is 23.8 Å². The summed E-state index contributed by atoms with van der Waals surface area (Å²) in [6.45, 7) is 4.30. The van der Waals surface area contributed by atoms with Gasteiger partial charge in [-0.2, -0.15) is 0 Å². The Labute approximate surface area is 161 Å². The van der Waals surface area contributed by atoms with Crippen LogP contribution in [0.3, 0.4) is 0 Å². The molecule has 0 radical (unpaired) electrons. The zero-order chi connectivity index (χ0) is 19.6. The average Bonchev–Trinajstić information content (AvgIpc) is 3.05. The van der Waals surface area contributed by atoms with Crippen molar-refractivity contribution in [2.45, 2.75) is 63.3 Å². The van der Waals surface area contributed by atoms with Crippen LogP contribution in [0.25, 0.3) is 0 Å². The molecule has 0 aromatic heterocycles. The quantitative estimate of drug-likeness (QED) is 0.834. The lowest BCUT2D eigenvalue weighted by Gasteiger charge is -2.26. The minimum Gasteiger partial charge on any atom is -0.353 e. The van der Waals surface area contributed by atoms with Crippen LogP contribution in [0.4, 0.5) is 5.69 Å². The molecule has 1 aromatic rings. The Kier molecular flexibility index (Phi) is 5.89. The van der Waals surface area contributed by atoms with Crippen molar-refractivity contribution in [2.75, 3.05) is 17.2 Å². The maximum atomic E-state index is 12.6. The molecule has 0 atom stereocenters. The molecule has 0 spiro atoms. The zero-order valence-corrected chi connectivity index (χ0v) is 16.8. The molecule has 1 aliphatic carbocycles. The van der Waals surface area contributed by atoms with Crippen LogP contribution in [-0.2, 0) is 25.8 Å². The van der Waals surface area contributed by atoms with Gasteiger partial charge in [-0.1, -0.05) is 6.92 Å². The topological polar surface area (TPSA) is 83.6 Å². The molecule has 1 saturated carbocycles. The summed E-state index contributed by atoms with van der Waals surface area (Å²) in [5.74, 6) is 0.273. The molecule has 1 aromatic carbocycles. The second-order valence-electron chi connectivity index (χ2n) is 7.80. The predicted octanol–water partition coefficient (Wildman–Crippen LogP) is 2.45. The summed E-state index contributed by atoms with van der Waals surface area (Å²) in [6, 6.07) is 5.05. The number of sulfone groups is 1. The molecule has 1 aliphatic heterocycles. The minimum absolute atomic E-state index is 0.0228. The van der Waals surface area contributed by atoms with Crippen LogP contribution >= 0.6 is 0 Å². The van der Waals surface area contributed by atoms with Crippen molar-refractivity contribution in [1.82, 2.24) is 5.32 Å². The Hall–Kier alpha value is -1.89. The van der Waals surface area contributed by atoms with Gasteiger partial charge < -0.3 is 10.2 Å². The first-order valence-corrected chi connectivity index (χ1v) is 11.3. The highest BCUT2D eigenvalue weighted by molar-refractivity contribution is 7.91. The lowest BCUT2D eigenvalue weighted by molar-refractivity contribution is -0.121. The van der Waals surface area contributed by atoms with E-state index in [4.69, 9.17) is 0 Å². The fraction of sp³-hybridized carbons (Fsp3) is 0.600. The molecular weight excluding hydrogens is 364 g/mol. The van der Waals surface area contributed by atoms with Crippen molar-refractivity contribution >= 4 is 27.3 Å². The number of hydrogen-bond donors (Lipinski definition) is 1. The Morgan fingerprint density at radius 3 is 2.56 bits per heavy atom. The van der Waals surface area contributed by atoms with Gasteiger partial charge in [0.15, 0.2) is 9.84 Å². The molecule has 148 valence electrons. The van der Waals surface area contributed by atoms with E-state index in [9.17, 15) is 18.0 Å². The number of fused-ring (bicyclic) bond motifs is 1. The van der Waals surface area contributed by atoms with Gasteiger partial charge in [-0.15, -0.1) is 0 Å². The van der Waals surface area contributed by atoms with Gasteiger partial charge in [0.1, 0.15) is 0 Å². The van der Waals surface area contributed by atoms with E-state index < -0.39 is 9.84 Å². The molecule has 3 rings (SSSR count). The second kappa shape index (κ2) is 8.00. The molecule has 0 bridgehead atoms. The van der Waals surface area contributed by atoms with E-state index >= 15 is 0 Å².